The zero-order valence-electron chi connectivity index (χ0n) is 36.2. The van der Waals surface area contributed by atoms with Gasteiger partial charge in [-0.15, -0.1) is 13.2 Å². The number of hydrogen-bond donors (Lipinski definition) is 3. The van der Waals surface area contributed by atoms with Crippen molar-refractivity contribution in [2.75, 3.05) is 52.8 Å². The Labute approximate surface area is 370 Å². The van der Waals surface area contributed by atoms with Gasteiger partial charge in [-0.3, -0.25) is 4.90 Å². The highest BCUT2D eigenvalue weighted by molar-refractivity contribution is 6.03. The van der Waals surface area contributed by atoms with Crippen molar-refractivity contribution in [3.8, 4) is 11.5 Å². The predicted molar refractivity (Wildman–Crippen MR) is 238 cm³/mol. The van der Waals surface area contributed by atoms with E-state index in [0.29, 0.717) is 42.0 Å². The topological polar surface area (TPSA) is 149 Å². The zero-order valence-corrected chi connectivity index (χ0v) is 36.2. The van der Waals surface area contributed by atoms with E-state index in [-0.39, 0.29) is 96.0 Å². The lowest BCUT2D eigenvalue weighted by molar-refractivity contribution is -0.256. The fraction of sp³-hybridized carbons (Fsp3) is 0.480. The van der Waals surface area contributed by atoms with Gasteiger partial charge >= 0.3 is 6.09 Å². The number of allylic oxidation sites excluding steroid dienone is 1. The maximum atomic E-state index is 14.8. The van der Waals surface area contributed by atoms with Crippen molar-refractivity contribution >= 4 is 11.8 Å². The molecular formula is C50H63FN2O10. The van der Waals surface area contributed by atoms with Crippen molar-refractivity contribution in [3.05, 3.63) is 132 Å². The van der Waals surface area contributed by atoms with Crippen molar-refractivity contribution < 1.29 is 53.0 Å². The standard InChI is InChI=1S/C50H63FN2O10/c1-3-5-28-59-49(57)53(23-29-58-30-26-56)46-33-44(52-62-34-36-15-7-6-8-16-36)41-31-37(17-11-13-24-54)40(19-12-14-25-55)47-42-32-39(60-35-38-18-9-10-20-43(38)51)21-22-45(42)63-50(46,48(41)47)61-27-4-2/h3-4,6-10,15-16,18,20-22,31-32,37,40,46-48,54-56H,1-2,5,11-14,17,19,23-30,33-35H2. The molecule has 63 heavy (non-hydrogen) atoms. The number of amides is 1. The van der Waals surface area contributed by atoms with Crippen LogP contribution in [0.5, 0.6) is 11.5 Å². The van der Waals surface area contributed by atoms with Gasteiger partial charge in [0, 0.05) is 43.2 Å². The molecule has 12 nitrogen and oxygen atoms in total. The van der Waals surface area contributed by atoms with Crippen molar-refractivity contribution in [1.29, 1.82) is 0 Å². The van der Waals surface area contributed by atoms with Crippen LogP contribution in [-0.4, -0.2) is 96.6 Å². The second-order valence-electron chi connectivity index (χ2n) is 16.1. The Hall–Kier alpha value is -5.05. The molecule has 3 aromatic rings. The molecule has 1 aliphatic heterocycles. The Balaban J connectivity index is 1.55. The van der Waals surface area contributed by atoms with Crippen LogP contribution in [0.3, 0.4) is 0 Å². The number of oxime groups is 1. The summed E-state index contributed by atoms with van der Waals surface area (Å²) in [5.41, 5.74) is 3.73. The van der Waals surface area contributed by atoms with Gasteiger partial charge in [-0.25, -0.2) is 9.18 Å². The molecule has 6 atom stereocenters. The number of aliphatic hydroxyl groups is 3. The molecule has 1 amide bonds. The third kappa shape index (κ3) is 11.8. The summed E-state index contributed by atoms with van der Waals surface area (Å²) >= 11 is 0. The van der Waals surface area contributed by atoms with Crippen LogP contribution in [0.4, 0.5) is 9.18 Å². The number of aliphatic hydroxyl groups excluding tert-OH is 3. The molecule has 6 unspecified atom stereocenters. The predicted octanol–water partition coefficient (Wildman–Crippen LogP) is 8.26. The Morgan fingerprint density at radius 3 is 2.43 bits per heavy atom. The summed E-state index contributed by atoms with van der Waals surface area (Å²) < 4.78 is 47.0. The molecule has 3 aliphatic rings. The van der Waals surface area contributed by atoms with Crippen LogP contribution in [0.1, 0.15) is 74.0 Å². The molecule has 13 heteroatoms. The number of fused-ring (bicyclic) bond motifs is 2. The number of carbonyl (C=O) groups is 1. The lowest BCUT2D eigenvalue weighted by Crippen LogP contribution is -2.70. The fourth-order valence-electron chi connectivity index (χ4n) is 9.29. The third-order valence-corrected chi connectivity index (χ3v) is 12.1. The number of benzene rings is 3. The highest BCUT2D eigenvalue weighted by Crippen LogP contribution is 2.62. The molecule has 3 N–H and O–H groups in total. The highest BCUT2D eigenvalue weighted by Gasteiger charge is 2.65. The van der Waals surface area contributed by atoms with E-state index in [4.69, 9.17) is 33.7 Å². The Morgan fingerprint density at radius 1 is 0.905 bits per heavy atom. The summed E-state index contributed by atoms with van der Waals surface area (Å²) in [7, 11) is 0. The van der Waals surface area contributed by atoms with Gasteiger partial charge in [0.1, 0.15) is 36.6 Å². The molecular weight excluding hydrogens is 808 g/mol. The normalized spacial score (nSPS) is 22.8. The lowest BCUT2D eigenvalue weighted by atomic mass is 9.55. The van der Waals surface area contributed by atoms with Gasteiger partial charge in [-0.05, 0) is 79.3 Å². The molecule has 340 valence electrons. The summed E-state index contributed by atoms with van der Waals surface area (Å²) in [6.45, 7) is 8.39. The van der Waals surface area contributed by atoms with Gasteiger partial charge in [-0.2, -0.15) is 0 Å². The number of rotatable bonds is 26. The van der Waals surface area contributed by atoms with E-state index in [2.05, 4.69) is 19.2 Å². The fourth-order valence-corrected chi connectivity index (χ4v) is 9.29. The third-order valence-electron chi connectivity index (χ3n) is 12.1. The largest absolute Gasteiger partial charge is 0.489 e. The van der Waals surface area contributed by atoms with E-state index in [9.17, 15) is 24.5 Å². The Bertz CT molecular complexity index is 1990. The first kappa shape index (κ1) is 47.4. The van der Waals surface area contributed by atoms with Gasteiger partial charge in [0.25, 0.3) is 0 Å². The first-order valence-corrected chi connectivity index (χ1v) is 22.2. The van der Waals surface area contributed by atoms with Crippen LogP contribution >= 0.6 is 0 Å². The number of carbonyl (C=O) groups excluding carboxylic acids is 1. The number of hydrogen-bond acceptors (Lipinski definition) is 11. The molecule has 0 aromatic heterocycles. The van der Waals surface area contributed by atoms with Crippen LogP contribution in [0.25, 0.3) is 0 Å². The number of ether oxygens (including phenoxy) is 5. The van der Waals surface area contributed by atoms with Gasteiger partial charge < -0.3 is 43.8 Å². The minimum Gasteiger partial charge on any atom is -0.489 e. The number of nitrogens with zero attached hydrogens (tertiary/aromatic N) is 2. The van der Waals surface area contributed by atoms with Crippen molar-refractivity contribution in [2.24, 2.45) is 22.9 Å². The summed E-state index contributed by atoms with van der Waals surface area (Å²) in [6, 6.07) is 21.1. The first-order valence-electron chi connectivity index (χ1n) is 22.2. The van der Waals surface area contributed by atoms with E-state index in [1.165, 1.54) is 6.07 Å². The van der Waals surface area contributed by atoms with Crippen molar-refractivity contribution in [3.63, 3.8) is 0 Å². The molecule has 0 spiro atoms. The second-order valence-corrected chi connectivity index (χ2v) is 16.1. The van der Waals surface area contributed by atoms with E-state index in [0.717, 1.165) is 42.4 Å². The van der Waals surface area contributed by atoms with Crippen molar-refractivity contribution in [1.82, 2.24) is 4.90 Å². The average Bonchev–Trinajstić information content (AvgIpc) is 3.30. The first-order chi connectivity index (χ1) is 30.9. The molecule has 0 bridgehead atoms. The van der Waals surface area contributed by atoms with Gasteiger partial charge in [0.15, 0.2) is 0 Å². The summed E-state index contributed by atoms with van der Waals surface area (Å²) in [6.07, 6.45) is 9.93. The van der Waals surface area contributed by atoms with Gasteiger partial charge in [0.05, 0.1) is 44.7 Å². The van der Waals surface area contributed by atoms with Gasteiger partial charge in [-0.1, -0.05) is 84.8 Å². The summed E-state index contributed by atoms with van der Waals surface area (Å²) in [5, 5.41) is 34.3. The van der Waals surface area contributed by atoms with E-state index in [1.54, 1.807) is 41.3 Å². The lowest BCUT2D eigenvalue weighted by Gasteiger charge is -2.59. The van der Waals surface area contributed by atoms with Crippen LogP contribution in [0.2, 0.25) is 0 Å². The highest BCUT2D eigenvalue weighted by atomic mass is 19.1. The summed E-state index contributed by atoms with van der Waals surface area (Å²) in [4.78, 5) is 22.2. The molecule has 0 radical (unpaired) electrons. The van der Waals surface area contributed by atoms with Crippen LogP contribution in [0.15, 0.2) is 115 Å². The summed E-state index contributed by atoms with van der Waals surface area (Å²) in [5.74, 6) is -1.69. The van der Waals surface area contributed by atoms with Crippen LogP contribution < -0.4 is 9.47 Å². The average molecular weight is 871 g/mol. The van der Waals surface area contributed by atoms with Crippen molar-refractivity contribution in [2.45, 2.75) is 82.3 Å². The second kappa shape index (κ2) is 24.1. The smallest absolute Gasteiger partial charge is 0.410 e. The number of unbranched alkanes of at least 4 members (excludes halogenated alkanes) is 2. The molecule has 6 rings (SSSR count). The van der Waals surface area contributed by atoms with Crippen LogP contribution in [0, 0.1) is 23.6 Å². The minimum absolute atomic E-state index is 0.0141. The molecule has 3 aromatic carbocycles. The molecule has 2 aliphatic carbocycles. The zero-order chi connectivity index (χ0) is 44.4. The molecule has 1 heterocycles. The Kier molecular flexibility index (Phi) is 18.2. The quantitative estimate of drug-likeness (QED) is 0.0409. The molecule has 1 fully saturated rings. The van der Waals surface area contributed by atoms with E-state index < -0.39 is 23.8 Å². The maximum absolute atomic E-state index is 14.8. The SMILES string of the molecule is C=CCCOC(=O)N(CCOCCO)C1CC(=NOCc2ccccc2)C2=CC(CCCCO)C(CCCCO)C3c4cc(OCc5ccccc5F)ccc4OC1(OCC=C)C23. The van der Waals surface area contributed by atoms with Crippen LogP contribution in [-0.2, 0) is 32.3 Å². The monoisotopic (exact) mass is 870 g/mol. The maximum Gasteiger partial charge on any atom is 0.410 e. The van der Waals surface area contributed by atoms with E-state index in [1.807, 2.05) is 42.5 Å². The van der Waals surface area contributed by atoms with E-state index >= 15 is 0 Å². The Morgan fingerprint density at radius 2 is 1.68 bits per heavy atom. The minimum atomic E-state index is -1.52. The molecule has 0 saturated heterocycles. The molecule has 1 saturated carbocycles. The van der Waals surface area contributed by atoms with Gasteiger partial charge in [0.2, 0.25) is 5.79 Å². The number of halogens is 1.